The van der Waals surface area contributed by atoms with Gasteiger partial charge in [0.2, 0.25) is 17.8 Å². The van der Waals surface area contributed by atoms with Crippen molar-refractivity contribution in [1.29, 1.82) is 0 Å². The molecule has 0 aliphatic carbocycles. The number of aromatic nitrogens is 5. The van der Waals surface area contributed by atoms with Crippen LogP contribution >= 0.6 is 0 Å². The van der Waals surface area contributed by atoms with E-state index in [4.69, 9.17) is 5.84 Å². The molecule has 3 N–H and O–H groups in total. The van der Waals surface area contributed by atoms with E-state index in [1.54, 1.807) is 23.3 Å². The Balaban J connectivity index is 1.91. The van der Waals surface area contributed by atoms with E-state index in [9.17, 15) is 0 Å². The molecule has 1 aliphatic heterocycles. The number of hydrazine groups is 1. The van der Waals surface area contributed by atoms with Crippen molar-refractivity contribution in [3.8, 4) is 5.95 Å². The summed E-state index contributed by atoms with van der Waals surface area (Å²) in [7, 11) is 0. The molecule has 1 aliphatic rings. The molecule has 0 amide bonds. The van der Waals surface area contributed by atoms with Crippen molar-refractivity contribution in [2.24, 2.45) is 5.84 Å². The first-order valence-electron chi connectivity index (χ1n) is 7.33. The molecule has 0 aromatic carbocycles. The zero-order chi connectivity index (χ0) is 14.5. The molecular formula is C13H20N8. The minimum atomic E-state index is 0.366. The lowest BCUT2D eigenvalue weighted by atomic mass is 10.1. The Bertz CT molecular complexity index is 560. The van der Waals surface area contributed by atoms with Crippen molar-refractivity contribution in [2.45, 2.75) is 32.1 Å². The molecule has 0 bridgehead atoms. The van der Waals surface area contributed by atoms with Crippen LogP contribution in [0.1, 0.15) is 32.1 Å². The van der Waals surface area contributed by atoms with Crippen LogP contribution in [0.3, 0.4) is 0 Å². The van der Waals surface area contributed by atoms with E-state index in [1.165, 1.54) is 19.3 Å². The monoisotopic (exact) mass is 288 g/mol. The minimum Gasteiger partial charge on any atom is -0.341 e. The fraction of sp³-hybridized carbons (Fsp3) is 0.538. The van der Waals surface area contributed by atoms with Gasteiger partial charge in [0.25, 0.3) is 0 Å². The van der Waals surface area contributed by atoms with Crippen molar-refractivity contribution >= 4 is 11.9 Å². The average Bonchev–Trinajstić information content (AvgIpc) is 3.00. The van der Waals surface area contributed by atoms with Crippen molar-refractivity contribution < 1.29 is 0 Å². The molecule has 3 heterocycles. The highest BCUT2D eigenvalue weighted by atomic mass is 15.4. The topological polar surface area (TPSA) is 97.8 Å². The number of anilines is 2. The van der Waals surface area contributed by atoms with Crippen molar-refractivity contribution in [2.75, 3.05) is 23.4 Å². The Morgan fingerprint density at radius 1 is 0.952 bits per heavy atom. The Hall–Kier alpha value is -2.22. The van der Waals surface area contributed by atoms with E-state index in [-0.39, 0.29) is 0 Å². The maximum atomic E-state index is 5.48. The fourth-order valence-electron chi connectivity index (χ4n) is 2.50. The number of hydrogen-bond acceptors (Lipinski definition) is 7. The molecule has 0 unspecified atom stereocenters. The normalized spacial score (nSPS) is 16.3. The van der Waals surface area contributed by atoms with Gasteiger partial charge in [-0.25, -0.2) is 10.8 Å². The van der Waals surface area contributed by atoms with Gasteiger partial charge in [0, 0.05) is 25.5 Å². The number of rotatable bonds is 3. The fourth-order valence-corrected chi connectivity index (χ4v) is 2.50. The van der Waals surface area contributed by atoms with Gasteiger partial charge in [-0.1, -0.05) is 19.3 Å². The Morgan fingerprint density at radius 2 is 1.67 bits per heavy atom. The maximum Gasteiger partial charge on any atom is 0.243 e. The first kappa shape index (κ1) is 13.7. The number of nitrogens with two attached hydrogens (primary N) is 1. The number of nitrogens with one attached hydrogen (secondary N) is 1. The Kier molecular flexibility index (Phi) is 4.25. The predicted molar refractivity (Wildman–Crippen MR) is 80.1 cm³/mol. The van der Waals surface area contributed by atoms with E-state index in [2.05, 4.69) is 30.3 Å². The first-order chi connectivity index (χ1) is 10.4. The lowest BCUT2D eigenvalue weighted by Crippen LogP contribution is -2.30. The summed E-state index contributed by atoms with van der Waals surface area (Å²) in [4.78, 5) is 19.4. The van der Waals surface area contributed by atoms with Gasteiger partial charge in [0.15, 0.2) is 0 Å². The van der Waals surface area contributed by atoms with Gasteiger partial charge in [-0.3, -0.25) is 9.99 Å². The average molecular weight is 288 g/mol. The van der Waals surface area contributed by atoms with Crippen LogP contribution in [0.5, 0.6) is 0 Å². The van der Waals surface area contributed by atoms with Crippen molar-refractivity contribution in [3.05, 3.63) is 18.7 Å². The third-order valence-corrected chi connectivity index (χ3v) is 3.62. The van der Waals surface area contributed by atoms with E-state index < -0.39 is 0 Å². The standard InChI is InChI=1S/C13H20N8/c14-19-11-16-12(20-7-4-2-1-3-5-8-20)18-13(17-11)21-9-6-15-10-21/h6,9-10H,1-5,7-8,14H2,(H,16,17,18,19). The summed E-state index contributed by atoms with van der Waals surface area (Å²) in [6, 6.07) is 0. The van der Waals surface area contributed by atoms with E-state index in [0.29, 0.717) is 17.8 Å². The summed E-state index contributed by atoms with van der Waals surface area (Å²) < 4.78 is 1.75. The van der Waals surface area contributed by atoms with Gasteiger partial charge < -0.3 is 4.90 Å². The molecular weight excluding hydrogens is 268 g/mol. The molecule has 8 heteroatoms. The van der Waals surface area contributed by atoms with Gasteiger partial charge in [0.1, 0.15) is 6.33 Å². The summed E-state index contributed by atoms with van der Waals surface area (Å²) in [5, 5.41) is 0. The van der Waals surface area contributed by atoms with E-state index >= 15 is 0 Å². The van der Waals surface area contributed by atoms with Gasteiger partial charge in [0.05, 0.1) is 0 Å². The molecule has 3 rings (SSSR count). The lowest BCUT2D eigenvalue weighted by Gasteiger charge is -2.25. The van der Waals surface area contributed by atoms with Crippen LogP contribution in [0.2, 0.25) is 0 Å². The number of hydrogen-bond donors (Lipinski definition) is 2. The molecule has 2 aromatic rings. The summed E-state index contributed by atoms with van der Waals surface area (Å²) >= 11 is 0. The third kappa shape index (κ3) is 3.27. The van der Waals surface area contributed by atoms with Crippen molar-refractivity contribution in [3.63, 3.8) is 0 Å². The Labute approximate surface area is 123 Å². The van der Waals surface area contributed by atoms with Gasteiger partial charge in [-0.05, 0) is 12.8 Å². The quantitative estimate of drug-likeness (QED) is 0.645. The summed E-state index contributed by atoms with van der Waals surface area (Å²) in [6.45, 7) is 1.94. The molecule has 0 spiro atoms. The second-order valence-electron chi connectivity index (χ2n) is 5.13. The molecule has 8 nitrogen and oxygen atoms in total. The molecule has 0 atom stereocenters. The van der Waals surface area contributed by atoms with Crippen LogP contribution < -0.4 is 16.2 Å². The number of nitrogen functional groups attached to an aromatic ring is 1. The van der Waals surface area contributed by atoms with Crippen LogP contribution in [-0.2, 0) is 0 Å². The summed E-state index contributed by atoms with van der Waals surface area (Å²) in [5.41, 5.74) is 2.51. The molecule has 0 radical (unpaired) electrons. The highest BCUT2D eigenvalue weighted by molar-refractivity contribution is 5.39. The van der Waals surface area contributed by atoms with Crippen LogP contribution in [0.4, 0.5) is 11.9 Å². The Morgan fingerprint density at radius 3 is 2.33 bits per heavy atom. The lowest BCUT2D eigenvalue weighted by molar-refractivity contribution is 0.549. The summed E-state index contributed by atoms with van der Waals surface area (Å²) in [5.74, 6) is 7.04. The van der Waals surface area contributed by atoms with Gasteiger partial charge in [-0.2, -0.15) is 15.0 Å². The van der Waals surface area contributed by atoms with E-state index in [0.717, 1.165) is 25.9 Å². The van der Waals surface area contributed by atoms with Gasteiger partial charge in [-0.15, -0.1) is 0 Å². The minimum absolute atomic E-state index is 0.366. The third-order valence-electron chi connectivity index (χ3n) is 3.62. The molecule has 2 aromatic heterocycles. The second-order valence-corrected chi connectivity index (χ2v) is 5.13. The number of nitrogens with zero attached hydrogens (tertiary/aromatic N) is 6. The second kappa shape index (κ2) is 6.49. The predicted octanol–water partition coefficient (Wildman–Crippen LogP) is 1.11. The van der Waals surface area contributed by atoms with Gasteiger partial charge >= 0.3 is 0 Å². The molecule has 1 saturated heterocycles. The van der Waals surface area contributed by atoms with Crippen LogP contribution in [-0.4, -0.2) is 37.6 Å². The molecule has 112 valence electrons. The van der Waals surface area contributed by atoms with Crippen LogP contribution in [0, 0.1) is 0 Å². The van der Waals surface area contributed by atoms with Crippen molar-refractivity contribution in [1.82, 2.24) is 24.5 Å². The van der Waals surface area contributed by atoms with Crippen LogP contribution in [0.15, 0.2) is 18.7 Å². The zero-order valence-electron chi connectivity index (χ0n) is 11.9. The molecule has 21 heavy (non-hydrogen) atoms. The molecule has 0 saturated carbocycles. The number of imidazole rings is 1. The maximum absolute atomic E-state index is 5.48. The van der Waals surface area contributed by atoms with E-state index in [1.807, 2.05) is 0 Å². The highest BCUT2D eigenvalue weighted by Crippen LogP contribution is 2.17. The van der Waals surface area contributed by atoms with Crippen LogP contribution in [0.25, 0.3) is 5.95 Å². The SMILES string of the molecule is NNc1nc(N2CCCCCCC2)nc(-n2ccnc2)n1. The highest BCUT2D eigenvalue weighted by Gasteiger charge is 2.15. The first-order valence-corrected chi connectivity index (χ1v) is 7.33. The smallest absolute Gasteiger partial charge is 0.243 e. The zero-order valence-corrected chi connectivity index (χ0v) is 11.9. The molecule has 1 fully saturated rings. The largest absolute Gasteiger partial charge is 0.341 e. The summed E-state index contributed by atoms with van der Waals surface area (Å²) in [6.07, 6.45) is 11.3.